The van der Waals surface area contributed by atoms with E-state index in [1.807, 2.05) is 30.3 Å². The van der Waals surface area contributed by atoms with Crippen LogP contribution in [0, 0.1) is 11.8 Å². The topological polar surface area (TPSA) is 143 Å². The van der Waals surface area contributed by atoms with Crippen molar-refractivity contribution in [1.82, 2.24) is 0 Å². The Bertz CT molecular complexity index is 2780. The minimum atomic E-state index is -4.44. The van der Waals surface area contributed by atoms with Crippen molar-refractivity contribution in [3.05, 3.63) is 166 Å². The van der Waals surface area contributed by atoms with Crippen molar-refractivity contribution in [2.24, 2.45) is 11.8 Å². The summed E-state index contributed by atoms with van der Waals surface area (Å²) < 4.78 is 61.1. The molecule has 2 aliphatic carbocycles. The van der Waals surface area contributed by atoms with Crippen molar-refractivity contribution in [2.75, 3.05) is 5.75 Å². The summed E-state index contributed by atoms with van der Waals surface area (Å²) >= 11 is 4.91. The van der Waals surface area contributed by atoms with Crippen LogP contribution in [-0.4, -0.2) is 42.4 Å². The maximum absolute atomic E-state index is 12.4. The number of carbonyl (C=O) groups is 1. The van der Waals surface area contributed by atoms with Gasteiger partial charge >= 0.3 is 16.6 Å². The fourth-order valence-corrected chi connectivity index (χ4v) is 12.0. The van der Waals surface area contributed by atoms with E-state index >= 15 is 0 Å². The highest BCUT2D eigenvalue weighted by Gasteiger charge is 2.37. The van der Waals surface area contributed by atoms with Gasteiger partial charge in [-0.3, -0.25) is 9.35 Å². The zero-order chi connectivity index (χ0) is 40.8. The van der Waals surface area contributed by atoms with Gasteiger partial charge in [-0.1, -0.05) is 109 Å². The number of carboxylic acids is 1. The van der Waals surface area contributed by atoms with E-state index in [-0.39, 0.29) is 11.3 Å². The Hall–Kier alpha value is -4.89. The van der Waals surface area contributed by atoms with Crippen LogP contribution in [0.4, 0.5) is 0 Å². The molecule has 0 spiro atoms. The number of fused-ring (bicyclic) bond motifs is 4. The Labute approximate surface area is 351 Å². The van der Waals surface area contributed by atoms with Crippen molar-refractivity contribution in [2.45, 2.75) is 35.5 Å². The van der Waals surface area contributed by atoms with Crippen molar-refractivity contribution in [3.8, 4) is 10.4 Å². The summed E-state index contributed by atoms with van der Waals surface area (Å²) in [5.41, 5.74) is 7.41. The van der Waals surface area contributed by atoms with Crippen LogP contribution in [0.3, 0.4) is 0 Å². The van der Waals surface area contributed by atoms with Crippen LogP contribution >= 0.6 is 34.9 Å². The van der Waals surface area contributed by atoms with Crippen molar-refractivity contribution in [1.29, 1.82) is 0 Å². The molecule has 2 bridgehead atoms. The Morgan fingerprint density at radius 2 is 1.52 bits per heavy atom. The molecule has 1 saturated carbocycles. The fraction of sp³-hybridized carbons (Fsp3) is 0.156. The van der Waals surface area contributed by atoms with Gasteiger partial charge in [-0.2, -0.15) is 8.42 Å². The predicted molar refractivity (Wildman–Crippen MR) is 236 cm³/mol. The largest absolute Gasteiger partial charge is 0.481 e. The quantitative estimate of drug-likeness (QED) is 0.103. The molecule has 5 aromatic rings. The van der Waals surface area contributed by atoms with Crippen molar-refractivity contribution >= 4 is 88.2 Å². The molecule has 13 heteroatoms. The number of allylic oxidation sites excluding steroid dienone is 7. The molecule has 1 fully saturated rings. The Kier molecular flexibility index (Phi) is 13.1. The van der Waals surface area contributed by atoms with Gasteiger partial charge in [0.05, 0.1) is 12.0 Å². The first-order valence-corrected chi connectivity index (χ1v) is 23.4. The Balaban J connectivity index is 0.00000122. The predicted octanol–water partition coefficient (Wildman–Crippen LogP) is 11.2. The van der Waals surface area contributed by atoms with Gasteiger partial charge in [0, 0.05) is 38.0 Å². The molecule has 294 valence electrons. The SMILES string of the molecule is O=C(O)CCSC1=C(/C=C/c2cc(-c3ccccc3S(=O)(=O)O)[s+]c3ccccc23)C2CCC(C2)/C1=C\C=C1/C=C(c2ccccc2)Sc2ccccc21.O=S(=O)=O. The number of carboxylic acid groups (broad SMARTS) is 1. The van der Waals surface area contributed by atoms with E-state index in [9.17, 15) is 22.9 Å². The third-order valence-corrected chi connectivity index (χ3v) is 14.5. The standard InChI is InChI=1S/C45H36O5S4.O3S/c46-44(47)24-25-51-45-36(22-20-32-27-41(29-10-2-1-3-11-29)52-39-15-7-4-12-34(32)39)30-18-19-31(26-30)37(45)23-21-33-28-42(53-40-16-8-5-13-35(33)40)38-14-6-9-17-43(38)54(48,49)50;1-4(2)3/h1-17,20-23,27-28,30-31H,18-19,24-26H2,(H-,46,47,48,49,50);/p+1. The minimum absolute atomic E-state index is 0.0733. The lowest BCUT2D eigenvalue weighted by atomic mass is 9.84. The zero-order valence-electron chi connectivity index (χ0n) is 30.9. The number of aliphatic carboxylic acids is 1. The molecule has 58 heavy (non-hydrogen) atoms. The monoisotopic (exact) mass is 865 g/mol. The number of thioether (sulfide) groups is 2. The zero-order valence-corrected chi connectivity index (χ0v) is 34.9. The van der Waals surface area contributed by atoms with Gasteiger partial charge in [0.25, 0.3) is 10.1 Å². The van der Waals surface area contributed by atoms with Gasteiger partial charge in [-0.05, 0) is 94.8 Å². The maximum atomic E-state index is 12.4. The van der Waals surface area contributed by atoms with Crippen LogP contribution in [0.15, 0.2) is 159 Å². The van der Waals surface area contributed by atoms with Gasteiger partial charge in [0.15, 0.2) is 0 Å². The smallest absolute Gasteiger partial charge is 0.425 e. The first-order valence-electron chi connectivity index (χ1n) is 18.4. The lowest BCUT2D eigenvalue weighted by molar-refractivity contribution is -0.136. The summed E-state index contributed by atoms with van der Waals surface area (Å²) in [6, 6.07) is 35.6. The Morgan fingerprint density at radius 1 is 0.845 bits per heavy atom. The number of benzene rings is 4. The molecule has 2 heterocycles. The van der Waals surface area contributed by atoms with E-state index < -0.39 is 26.7 Å². The van der Waals surface area contributed by atoms with Crippen LogP contribution in [0.5, 0.6) is 0 Å². The molecule has 0 radical (unpaired) electrons. The summed E-state index contributed by atoms with van der Waals surface area (Å²) in [6.07, 6.45) is 14.4. The first kappa shape index (κ1) is 41.3. The number of hydrogen-bond donors (Lipinski definition) is 2. The highest BCUT2D eigenvalue weighted by Crippen LogP contribution is 2.53. The molecule has 1 aliphatic heterocycles. The average Bonchev–Trinajstić information content (AvgIpc) is 3.64. The van der Waals surface area contributed by atoms with Crippen LogP contribution in [0.25, 0.3) is 37.1 Å². The third-order valence-electron chi connectivity index (χ3n) is 10.2. The number of hydrogen-bond acceptors (Lipinski definition) is 8. The summed E-state index contributed by atoms with van der Waals surface area (Å²) in [5.74, 6) is 0.415. The van der Waals surface area contributed by atoms with Gasteiger partial charge in [-0.15, -0.1) is 24.4 Å². The summed E-state index contributed by atoms with van der Waals surface area (Å²) in [6.45, 7) is 0. The van der Waals surface area contributed by atoms with E-state index in [4.69, 9.17) is 12.6 Å². The second kappa shape index (κ2) is 18.4. The van der Waals surface area contributed by atoms with Crippen molar-refractivity contribution < 1.29 is 35.5 Å². The second-order valence-electron chi connectivity index (χ2n) is 13.8. The lowest BCUT2D eigenvalue weighted by Crippen LogP contribution is -2.13. The van der Waals surface area contributed by atoms with E-state index in [1.54, 1.807) is 41.7 Å². The normalized spacial score (nSPS) is 18.9. The first-order chi connectivity index (χ1) is 28.0. The van der Waals surface area contributed by atoms with Crippen LogP contribution < -0.4 is 0 Å². The van der Waals surface area contributed by atoms with Gasteiger partial charge in [-0.25, -0.2) is 0 Å². The van der Waals surface area contributed by atoms with E-state index in [2.05, 4.69) is 85.0 Å². The molecule has 4 aromatic carbocycles. The Morgan fingerprint density at radius 3 is 2.28 bits per heavy atom. The van der Waals surface area contributed by atoms with Crippen molar-refractivity contribution in [3.63, 3.8) is 0 Å². The molecule has 0 saturated heterocycles. The third kappa shape index (κ3) is 9.69. The molecule has 8 nitrogen and oxygen atoms in total. The van der Waals surface area contributed by atoms with Crippen LogP contribution in [0.1, 0.15) is 42.4 Å². The highest BCUT2D eigenvalue weighted by molar-refractivity contribution is 8.08. The molecular formula is C45H37O8S5+. The maximum Gasteiger partial charge on any atom is 0.425 e. The minimum Gasteiger partial charge on any atom is -0.481 e. The fourth-order valence-electron chi connectivity index (χ4n) is 7.64. The molecule has 8 rings (SSSR count). The highest BCUT2D eigenvalue weighted by atomic mass is 32.2. The molecule has 2 atom stereocenters. The molecule has 2 unspecified atom stereocenters. The van der Waals surface area contributed by atoms with Crippen LogP contribution in [0.2, 0.25) is 0 Å². The lowest BCUT2D eigenvalue weighted by Gasteiger charge is -2.28. The average molecular weight is 866 g/mol. The molecule has 2 N–H and O–H groups in total. The molecule has 0 amide bonds. The number of rotatable bonds is 10. The molecule has 1 aromatic heterocycles. The van der Waals surface area contributed by atoms with E-state index in [0.29, 0.717) is 23.2 Å². The second-order valence-corrected chi connectivity index (χ2v) is 18.8. The molecular weight excluding hydrogens is 829 g/mol. The van der Waals surface area contributed by atoms with Gasteiger partial charge < -0.3 is 5.11 Å². The summed E-state index contributed by atoms with van der Waals surface area (Å²) in [7, 11) is -7.55. The van der Waals surface area contributed by atoms with Gasteiger partial charge in [0.1, 0.15) is 4.90 Å². The van der Waals surface area contributed by atoms with E-state index in [1.165, 1.54) is 49.5 Å². The van der Waals surface area contributed by atoms with Crippen LogP contribution in [-0.2, 0) is 25.5 Å². The summed E-state index contributed by atoms with van der Waals surface area (Å²) in [4.78, 5) is 15.9. The molecule has 3 aliphatic rings. The van der Waals surface area contributed by atoms with E-state index in [0.717, 1.165) is 50.3 Å². The van der Waals surface area contributed by atoms with Gasteiger partial charge in [0.2, 0.25) is 20.9 Å². The summed E-state index contributed by atoms with van der Waals surface area (Å²) in [5, 5.41) is 10.6.